The molecule has 0 saturated carbocycles. The minimum atomic E-state index is -0.711. The predicted molar refractivity (Wildman–Crippen MR) is 137 cm³/mol. The van der Waals surface area contributed by atoms with Crippen LogP contribution in [0.1, 0.15) is 61.0 Å². The molecule has 2 aliphatic heterocycles. The second-order valence-electron chi connectivity index (χ2n) is 10.00. The largest absolute Gasteiger partial charge is 0.496 e. The van der Waals surface area contributed by atoms with Crippen LogP contribution in [0, 0.1) is 5.92 Å². The highest BCUT2D eigenvalue weighted by Crippen LogP contribution is 2.56. The average Bonchev–Trinajstić information content (AvgIpc) is 3.25. The average molecular weight is 496 g/mol. The molecule has 2 N–H and O–H groups in total. The van der Waals surface area contributed by atoms with Gasteiger partial charge >= 0.3 is 0 Å². The van der Waals surface area contributed by atoms with Gasteiger partial charge in [0, 0.05) is 22.4 Å². The normalized spacial score (nSPS) is 20.9. The zero-order valence-corrected chi connectivity index (χ0v) is 21.6. The summed E-state index contributed by atoms with van der Waals surface area (Å²) in [6.45, 7) is 8.28. The Bertz CT molecular complexity index is 1130. The van der Waals surface area contributed by atoms with Crippen LogP contribution in [0.15, 0.2) is 48.5 Å². The van der Waals surface area contributed by atoms with Crippen molar-refractivity contribution < 1.29 is 19.1 Å². The van der Waals surface area contributed by atoms with Crippen LogP contribution in [0.5, 0.6) is 5.75 Å². The van der Waals surface area contributed by atoms with Gasteiger partial charge in [0.25, 0.3) is 5.91 Å². The van der Waals surface area contributed by atoms with Crippen LogP contribution in [0.25, 0.3) is 0 Å². The number of nitrogens with one attached hydrogen (secondary N) is 2. The zero-order valence-electron chi connectivity index (χ0n) is 20.8. The second-order valence-corrected chi connectivity index (χ2v) is 11.7. The first-order valence-corrected chi connectivity index (χ1v) is 12.8. The van der Waals surface area contributed by atoms with Gasteiger partial charge in [-0.3, -0.25) is 14.4 Å². The molecule has 1 saturated heterocycles. The van der Waals surface area contributed by atoms with Crippen LogP contribution in [0.3, 0.4) is 0 Å². The quantitative estimate of drug-likeness (QED) is 0.580. The van der Waals surface area contributed by atoms with E-state index in [1.807, 2.05) is 76.2 Å². The van der Waals surface area contributed by atoms with Crippen LogP contribution in [0.2, 0.25) is 0 Å². The summed E-state index contributed by atoms with van der Waals surface area (Å²) in [5.41, 5.74) is 2.44. The molecular formula is C27H33N3O4S. The molecule has 0 bridgehead atoms. The van der Waals surface area contributed by atoms with E-state index in [1.54, 1.807) is 23.8 Å². The number of carbonyl (C=O) groups is 3. The fourth-order valence-electron chi connectivity index (χ4n) is 4.91. The Morgan fingerprint density at radius 1 is 1.11 bits per heavy atom. The topological polar surface area (TPSA) is 87.7 Å². The van der Waals surface area contributed by atoms with E-state index in [-0.39, 0.29) is 29.0 Å². The molecule has 186 valence electrons. The number of nitrogens with zero attached hydrogens (tertiary/aromatic N) is 1. The molecule has 2 aromatic carbocycles. The lowest BCUT2D eigenvalue weighted by atomic mass is 9.98. The molecule has 0 aliphatic carbocycles. The highest BCUT2D eigenvalue weighted by atomic mass is 32.2. The van der Waals surface area contributed by atoms with Gasteiger partial charge < -0.3 is 20.3 Å². The molecule has 0 aromatic heterocycles. The van der Waals surface area contributed by atoms with Crippen molar-refractivity contribution in [2.75, 3.05) is 7.11 Å². The number of para-hydroxylation sites is 1. The second kappa shape index (κ2) is 9.93. The van der Waals surface area contributed by atoms with Crippen molar-refractivity contribution in [2.24, 2.45) is 5.92 Å². The number of benzene rings is 2. The maximum absolute atomic E-state index is 13.7. The molecule has 4 rings (SSSR count). The molecule has 3 atom stereocenters. The van der Waals surface area contributed by atoms with Gasteiger partial charge in [-0.2, -0.15) is 0 Å². The lowest BCUT2D eigenvalue weighted by Crippen LogP contribution is -2.57. The summed E-state index contributed by atoms with van der Waals surface area (Å²) < 4.78 is 4.87. The van der Waals surface area contributed by atoms with E-state index in [0.29, 0.717) is 24.3 Å². The molecule has 3 amide bonds. The van der Waals surface area contributed by atoms with Gasteiger partial charge in [-0.15, -0.1) is 11.8 Å². The van der Waals surface area contributed by atoms with Crippen molar-refractivity contribution in [3.8, 4) is 5.75 Å². The number of hydrogen-bond acceptors (Lipinski definition) is 5. The summed E-state index contributed by atoms with van der Waals surface area (Å²) in [6, 6.07) is 13.6. The van der Waals surface area contributed by atoms with Crippen molar-refractivity contribution in [2.45, 2.75) is 62.9 Å². The molecule has 1 fully saturated rings. The number of fused-ring (bicyclic) bond motifs is 3. The molecule has 2 heterocycles. The minimum Gasteiger partial charge on any atom is -0.496 e. The smallest absolute Gasteiger partial charge is 0.256 e. The number of carbonyl (C=O) groups excluding carboxylic acids is 3. The van der Waals surface area contributed by atoms with Crippen LogP contribution in [-0.2, 0) is 16.1 Å². The zero-order chi connectivity index (χ0) is 25.3. The number of rotatable bonds is 8. The first-order valence-electron chi connectivity index (χ1n) is 11.9. The van der Waals surface area contributed by atoms with E-state index in [0.717, 1.165) is 11.1 Å². The maximum atomic E-state index is 13.7. The van der Waals surface area contributed by atoms with Crippen molar-refractivity contribution in [3.63, 3.8) is 0 Å². The molecule has 2 aromatic rings. The number of ether oxygens (including phenoxy) is 1. The Hall–Kier alpha value is -3.00. The van der Waals surface area contributed by atoms with Gasteiger partial charge in [0.15, 0.2) is 0 Å². The number of thioether (sulfide) groups is 1. The fraction of sp³-hybridized carbons (Fsp3) is 0.444. The molecule has 8 heteroatoms. The Morgan fingerprint density at radius 2 is 1.80 bits per heavy atom. The molecule has 35 heavy (non-hydrogen) atoms. The van der Waals surface area contributed by atoms with Gasteiger partial charge in [-0.25, -0.2) is 0 Å². The minimum absolute atomic E-state index is 0.134. The standard InChI is InChI=1S/C27H33N3O4S/c1-16(2)14-20(23(31)28-15-17-10-6-9-13-21(17)34-5)29-24(32)22-27(3,4)35-26-19-12-8-7-11-18(19)25(33)30(22)26/h6-13,16,20,22,26H,14-15H2,1-5H3,(H,28,31)(H,29,32)/t20-,22-,26+/m0/s1. The van der Waals surface area contributed by atoms with Gasteiger partial charge in [-0.1, -0.05) is 50.2 Å². The van der Waals surface area contributed by atoms with Gasteiger partial charge in [0.05, 0.1) is 7.11 Å². The van der Waals surface area contributed by atoms with Gasteiger partial charge in [0.2, 0.25) is 11.8 Å². The molecular weight excluding hydrogens is 462 g/mol. The van der Waals surface area contributed by atoms with Crippen molar-refractivity contribution in [3.05, 3.63) is 65.2 Å². The summed E-state index contributed by atoms with van der Waals surface area (Å²) in [5.74, 6) is 0.192. The third kappa shape index (κ3) is 4.89. The lowest BCUT2D eigenvalue weighted by Gasteiger charge is -2.31. The van der Waals surface area contributed by atoms with E-state index < -0.39 is 16.8 Å². The Balaban J connectivity index is 1.51. The van der Waals surface area contributed by atoms with Crippen LogP contribution in [0.4, 0.5) is 0 Å². The molecule has 0 radical (unpaired) electrons. The molecule has 2 aliphatic rings. The fourth-order valence-corrected chi connectivity index (χ4v) is 6.50. The number of hydrogen-bond donors (Lipinski definition) is 2. The third-order valence-corrected chi connectivity index (χ3v) is 8.07. The van der Waals surface area contributed by atoms with Crippen LogP contribution < -0.4 is 15.4 Å². The van der Waals surface area contributed by atoms with Crippen molar-refractivity contribution in [1.82, 2.24) is 15.5 Å². The Labute approximate surface area is 211 Å². The van der Waals surface area contributed by atoms with E-state index >= 15 is 0 Å². The molecule has 0 unspecified atom stereocenters. The third-order valence-electron chi connectivity index (χ3n) is 6.53. The van der Waals surface area contributed by atoms with E-state index in [4.69, 9.17) is 4.74 Å². The SMILES string of the molecule is COc1ccccc1CNC(=O)[C@H](CC(C)C)NC(=O)[C@@H]1N2C(=O)c3ccccc3[C@H]2SC1(C)C. The predicted octanol–water partition coefficient (Wildman–Crippen LogP) is 3.89. The lowest BCUT2D eigenvalue weighted by molar-refractivity contribution is -0.132. The monoisotopic (exact) mass is 495 g/mol. The Kier molecular flexibility index (Phi) is 7.12. The summed E-state index contributed by atoms with van der Waals surface area (Å²) in [7, 11) is 1.59. The summed E-state index contributed by atoms with van der Waals surface area (Å²) in [4.78, 5) is 41.8. The van der Waals surface area contributed by atoms with Crippen LogP contribution in [-0.4, -0.2) is 46.6 Å². The first-order chi connectivity index (χ1) is 16.6. The van der Waals surface area contributed by atoms with E-state index in [2.05, 4.69) is 10.6 Å². The number of methoxy groups -OCH3 is 1. The van der Waals surface area contributed by atoms with Gasteiger partial charge in [0.1, 0.15) is 23.2 Å². The first kappa shape index (κ1) is 25.1. The highest BCUT2D eigenvalue weighted by molar-refractivity contribution is 8.01. The summed E-state index contributed by atoms with van der Waals surface area (Å²) in [6.07, 6.45) is 0.487. The van der Waals surface area contributed by atoms with Crippen molar-refractivity contribution >= 4 is 29.5 Å². The summed E-state index contributed by atoms with van der Waals surface area (Å²) >= 11 is 1.61. The maximum Gasteiger partial charge on any atom is 0.256 e. The van der Waals surface area contributed by atoms with Crippen molar-refractivity contribution in [1.29, 1.82) is 0 Å². The van der Waals surface area contributed by atoms with Gasteiger partial charge in [-0.05, 0) is 43.9 Å². The van der Waals surface area contributed by atoms with Crippen LogP contribution >= 0.6 is 11.8 Å². The Morgan fingerprint density at radius 3 is 2.51 bits per heavy atom. The summed E-state index contributed by atoms with van der Waals surface area (Å²) in [5, 5.41) is 5.73. The molecule has 7 nitrogen and oxygen atoms in total. The van der Waals surface area contributed by atoms with E-state index in [1.165, 1.54) is 0 Å². The molecule has 0 spiro atoms. The number of amides is 3. The highest BCUT2D eigenvalue weighted by Gasteiger charge is 2.57. The van der Waals surface area contributed by atoms with E-state index in [9.17, 15) is 14.4 Å².